The highest BCUT2D eigenvalue weighted by atomic mass is 35.5. The average molecular weight is 360 g/mol. The van der Waals surface area contributed by atoms with Gasteiger partial charge in [-0.25, -0.2) is 0 Å². The molecule has 2 aromatic carbocycles. The predicted octanol–water partition coefficient (Wildman–Crippen LogP) is 2.90. The Morgan fingerprint density at radius 1 is 1.12 bits per heavy atom. The topological polar surface area (TPSA) is 93.0 Å². The third-order valence-electron chi connectivity index (χ3n) is 3.02. The lowest BCUT2D eigenvalue weighted by atomic mass is 10.1. The zero-order valence-corrected chi connectivity index (χ0v) is 13.6. The van der Waals surface area contributed by atoms with Crippen molar-refractivity contribution in [1.82, 2.24) is 0 Å². The van der Waals surface area contributed by atoms with Gasteiger partial charge in [0.1, 0.15) is 11.6 Å². The number of nitriles is 1. The van der Waals surface area contributed by atoms with Crippen LogP contribution in [0.15, 0.2) is 48.0 Å². The molecule has 1 N–H and O–H groups in total. The van der Waals surface area contributed by atoms with Gasteiger partial charge in [-0.3, -0.25) is 4.79 Å². The smallest absolute Gasteiger partial charge is 0.266 e. The van der Waals surface area contributed by atoms with Gasteiger partial charge in [0.2, 0.25) is 0 Å². The number of carbonyl (C=O) groups is 2. The van der Waals surface area contributed by atoms with E-state index < -0.39 is 11.9 Å². The molecule has 7 heteroatoms. The van der Waals surface area contributed by atoms with Crippen molar-refractivity contribution in [2.45, 2.75) is 0 Å². The van der Waals surface area contributed by atoms with Crippen LogP contribution in [0.25, 0.3) is 6.08 Å². The van der Waals surface area contributed by atoms with Gasteiger partial charge in [-0.05, 0) is 35.4 Å². The monoisotopic (exact) mass is 359 g/mol. The van der Waals surface area contributed by atoms with E-state index in [1.54, 1.807) is 24.3 Å². The minimum Gasteiger partial charge on any atom is -0.545 e. The maximum atomic E-state index is 12.2. The number of carboxylic acids is 1. The third-order valence-corrected chi connectivity index (χ3v) is 3.86. The van der Waals surface area contributed by atoms with Gasteiger partial charge in [0, 0.05) is 5.69 Å². The summed E-state index contributed by atoms with van der Waals surface area (Å²) >= 11 is 11.9. The highest BCUT2D eigenvalue weighted by Gasteiger charge is 2.11. The molecule has 0 aliphatic rings. The summed E-state index contributed by atoms with van der Waals surface area (Å²) in [5, 5.41) is 22.9. The predicted molar refractivity (Wildman–Crippen MR) is 89.5 cm³/mol. The first-order valence-electron chi connectivity index (χ1n) is 6.61. The quantitative estimate of drug-likeness (QED) is 0.670. The van der Waals surface area contributed by atoms with Crippen LogP contribution in [0.1, 0.15) is 15.9 Å². The molecule has 1 amide bonds. The molecule has 0 aliphatic carbocycles. The van der Waals surface area contributed by atoms with Crippen LogP contribution in [-0.4, -0.2) is 11.9 Å². The van der Waals surface area contributed by atoms with E-state index in [2.05, 4.69) is 5.32 Å². The lowest BCUT2D eigenvalue weighted by Gasteiger charge is -2.07. The number of halogens is 2. The Morgan fingerprint density at radius 3 is 2.38 bits per heavy atom. The molecule has 2 aromatic rings. The zero-order valence-electron chi connectivity index (χ0n) is 12.0. The van der Waals surface area contributed by atoms with Crippen LogP contribution in [0.5, 0.6) is 0 Å². The number of carboxylic acid groups (broad SMARTS) is 1. The van der Waals surface area contributed by atoms with E-state index in [4.69, 9.17) is 23.2 Å². The van der Waals surface area contributed by atoms with Crippen molar-refractivity contribution >= 4 is 46.8 Å². The Balaban J connectivity index is 2.23. The number of hydrogen-bond acceptors (Lipinski definition) is 4. The Kier molecular flexibility index (Phi) is 5.59. The summed E-state index contributed by atoms with van der Waals surface area (Å²) in [4.78, 5) is 22.8. The van der Waals surface area contributed by atoms with Crippen molar-refractivity contribution in [3.63, 3.8) is 0 Å². The van der Waals surface area contributed by atoms with Gasteiger partial charge in [-0.15, -0.1) is 0 Å². The number of nitrogens with one attached hydrogen (secondary N) is 1. The van der Waals surface area contributed by atoms with Crippen LogP contribution in [0.2, 0.25) is 10.0 Å². The van der Waals surface area contributed by atoms with Crippen LogP contribution >= 0.6 is 23.2 Å². The summed E-state index contributed by atoms with van der Waals surface area (Å²) in [6.45, 7) is 0. The number of hydrogen-bond donors (Lipinski definition) is 1. The van der Waals surface area contributed by atoms with Crippen molar-refractivity contribution in [1.29, 1.82) is 5.26 Å². The van der Waals surface area contributed by atoms with Gasteiger partial charge < -0.3 is 15.2 Å². The summed E-state index contributed by atoms with van der Waals surface area (Å²) in [5.74, 6) is -1.98. The second-order valence-electron chi connectivity index (χ2n) is 4.63. The number of anilines is 1. The fraction of sp³-hybridized carbons (Fsp3) is 0. The molecular weight excluding hydrogens is 351 g/mol. The molecule has 5 nitrogen and oxygen atoms in total. The molecule has 0 heterocycles. The molecular formula is C17H9Cl2N2O3-. The lowest BCUT2D eigenvalue weighted by molar-refractivity contribution is -0.255. The first-order valence-corrected chi connectivity index (χ1v) is 7.36. The van der Waals surface area contributed by atoms with Gasteiger partial charge in [0.25, 0.3) is 5.91 Å². The largest absolute Gasteiger partial charge is 0.545 e. The molecule has 0 saturated heterocycles. The summed E-state index contributed by atoms with van der Waals surface area (Å²) in [7, 11) is 0. The molecule has 0 fully saturated rings. The summed E-state index contributed by atoms with van der Waals surface area (Å²) in [5.41, 5.74) is 0.574. The van der Waals surface area contributed by atoms with Gasteiger partial charge in [0.05, 0.1) is 16.0 Å². The van der Waals surface area contributed by atoms with Gasteiger partial charge in [-0.1, -0.05) is 47.5 Å². The second-order valence-corrected chi connectivity index (χ2v) is 5.42. The normalized spacial score (nSPS) is 10.8. The van der Waals surface area contributed by atoms with E-state index in [1.807, 2.05) is 0 Å². The van der Waals surface area contributed by atoms with Crippen molar-refractivity contribution in [2.75, 3.05) is 5.32 Å². The minimum atomic E-state index is -1.32. The molecule has 0 aromatic heterocycles. The number of rotatable bonds is 4. The molecule has 120 valence electrons. The molecule has 0 bridgehead atoms. The number of amides is 1. The molecule has 0 spiro atoms. The maximum absolute atomic E-state index is 12.2. The van der Waals surface area contributed by atoms with Gasteiger partial charge >= 0.3 is 0 Å². The Bertz CT molecular complexity index is 868. The fourth-order valence-electron chi connectivity index (χ4n) is 1.82. The third kappa shape index (κ3) is 4.13. The van der Waals surface area contributed by atoms with E-state index in [1.165, 1.54) is 30.3 Å². The van der Waals surface area contributed by atoms with Crippen molar-refractivity contribution in [3.05, 3.63) is 69.2 Å². The van der Waals surface area contributed by atoms with E-state index in [-0.39, 0.29) is 16.2 Å². The standard InChI is InChI=1S/C17H10Cl2N2O3/c18-14-3-1-2-11(15(14)19)8-12(9-20)16(22)21-13-6-4-10(5-7-13)17(23)24/h1-8H,(H,21,22)(H,23,24)/p-1/b12-8+. The van der Waals surface area contributed by atoms with E-state index in [0.717, 1.165) is 0 Å². The average Bonchev–Trinajstić information content (AvgIpc) is 2.56. The molecule has 0 atom stereocenters. The SMILES string of the molecule is N#C/C(=C\c1cccc(Cl)c1Cl)C(=O)Nc1ccc(C(=O)[O-])cc1. The molecule has 0 radical (unpaired) electrons. The van der Waals surface area contributed by atoms with Gasteiger partial charge in [0.15, 0.2) is 0 Å². The molecule has 0 aliphatic heterocycles. The van der Waals surface area contributed by atoms with E-state index >= 15 is 0 Å². The highest BCUT2D eigenvalue weighted by Crippen LogP contribution is 2.27. The summed E-state index contributed by atoms with van der Waals surface area (Å²) < 4.78 is 0. The lowest BCUT2D eigenvalue weighted by Crippen LogP contribution is -2.22. The van der Waals surface area contributed by atoms with Crippen LogP contribution in [-0.2, 0) is 4.79 Å². The summed E-state index contributed by atoms with van der Waals surface area (Å²) in [6.07, 6.45) is 1.32. The van der Waals surface area contributed by atoms with Crippen molar-refractivity contribution < 1.29 is 14.7 Å². The fourth-order valence-corrected chi connectivity index (χ4v) is 2.19. The van der Waals surface area contributed by atoms with Crippen molar-refractivity contribution in [3.8, 4) is 6.07 Å². The van der Waals surface area contributed by atoms with Crippen molar-refractivity contribution in [2.24, 2.45) is 0 Å². The Labute approximate surface area is 147 Å². The highest BCUT2D eigenvalue weighted by molar-refractivity contribution is 6.43. The van der Waals surface area contributed by atoms with E-state index in [0.29, 0.717) is 16.3 Å². The van der Waals surface area contributed by atoms with Crippen LogP contribution in [0.4, 0.5) is 5.69 Å². The Morgan fingerprint density at radius 2 is 1.79 bits per heavy atom. The number of benzene rings is 2. The van der Waals surface area contributed by atoms with E-state index in [9.17, 15) is 20.0 Å². The minimum absolute atomic E-state index is 0.0187. The first kappa shape index (κ1) is 17.5. The Hall–Kier alpha value is -2.81. The molecule has 2 rings (SSSR count). The maximum Gasteiger partial charge on any atom is 0.266 e. The first-order chi connectivity index (χ1) is 11.4. The molecule has 24 heavy (non-hydrogen) atoms. The van der Waals surface area contributed by atoms with Crippen LogP contribution in [0, 0.1) is 11.3 Å². The molecule has 0 saturated carbocycles. The zero-order chi connectivity index (χ0) is 17.7. The number of aromatic carboxylic acids is 1. The number of carbonyl (C=O) groups excluding carboxylic acids is 2. The second kappa shape index (κ2) is 7.64. The van der Waals surface area contributed by atoms with Crippen LogP contribution < -0.4 is 10.4 Å². The van der Waals surface area contributed by atoms with Crippen LogP contribution in [0.3, 0.4) is 0 Å². The number of nitrogens with zero attached hydrogens (tertiary/aromatic N) is 1. The molecule has 0 unspecified atom stereocenters. The summed E-state index contributed by atoms with van der Waals surface area (Å²) in [6, 6.07) is 12.0. The van der Waals surface area contributed by atoms with Gasteiger partial charge in [-0.2, -0.15) is 5.26 Å².